The molecule has 0 spiro atoms. The topological polar surface area (TPSA) is 154 Å². The fraction of sp³-hybridized carbons (Fsp3) is 0.488. The standard InChI is InChI=1S/C12H13BrN2O2.C10H18O5.C7H5BrN2.C7H10N2.C6H15N.CH4/c1-12(2,3)17-11(16)15-10-6-9(13)5-4-8(10)7-14-15;1-9(2,3)14-7(11)13-8(12)15-10(4,5)6;8-6-2-1-5-4-9-10-7(5)3-6;1-9(2)7-3-5-8-6-4-7;1-4-7(5-2)6-3;/h4-7H,1-3H3;1-6H3;1-4H,(H,9,10);3-6H,1-2H3;4-6H2,1-3H3;1H4. The van der Waals surface area contributed by atoms with Crippen LogP contribution in [0.3, 0.4) is 0 Å². The van der Waals surface area contributed by atoms with E-state index in [-0.39, 0.29) is 7.43 Å². The Balaban J connectivity index is 0.000000735. The van der Waals surface area contributed by atoms with E-state index in [1.165, 1.54) is 30.0 Å². The van der Waals surface area contributed by atoms with Gasteiger partial charge in [0.25, 0.3) is 0 Å². The Bertz CT molecular complexity index is 1950. The summed E-state index contributed by atoms with van der Waals surface area (Å²) < 4.78 is 22.3. The Hall–Kier alpha value is -4.54. The summed E-state index contributed by atoms with van der Waals surface area (Å²) in [6, 6.07) is 15.6. The molecule has 59 heavy (non-hydrogen) atoms. The summed E-state index contributed by atoms with van der Waals surface area (Å²) in [7, 11) is 4.02. The van der Waals surface area contributed by atoms with Crippen molar-refractivity contribution in [2.24, 2.45) is 0 Å². The van der Waals surface area contributed by atoms with Crippen molar-refractivity contribution in [3.63, 3.8) is 0 Å². The van der Waals surface area contributed by atoms with Gasteiger partial charge in [0.2, 0.25) is 0 Å². The zero-order valence-corrected chi connectivity index (χ0v) is 39.5. The van der Waals surface area contributed by atoms with E-state index in [9.17, 15) is 14.4 Å². The summed E-state index contributed by atoms with van der Waals surface area (Å²) >= 11 is 6.74. The van der Waals surface area contributed by atoms with E-state index < -0.39 is 35.2 Å². The van der Waals surface area contributed by atoms with Gasteiger partial charge in [0.15, 0.2) is 0 Å². The highest BCUT2D eigenvalue weighted by molar-refractivity contribution is 9.10. The third-order valence-corrected chi connectivity index (χ3v) is 7.96. The quantitative estimate of drug-likeness (QED) is 0.104. The van der Waals surface area contributed by atoms with Gasteiger partial charge < -0.3 is 28.7 Å². The summed E-state index contributed by atoms with van der Waals surface area (Å²) in [6.07, 6.45) is 4.44. The number of anilines is 1. The lowest BCUT2D eigenvalue weighted by Crippen LogP contribution is -2.29. The second kappa shape index (κ2) is 25.8. The second-order valence-electron chi connectivity index (χ2n) is 15.6. The van der Waals surface area contributed by atoms with E-state index in [0.29, 0.717) is 0 Å². The molecule has 0 aliphatic rings. The summed E-state index contributed by atoms with van der Waals surface area (Å²) in [4.78, 5) is 42.2. The lowest BCUT2D eigenvalue weighted by molar-refractivity contribution is -0.0294. The van der Waals surface area contributed by atoms with Gasteiger partial charge in [-0.2, -0.15) is 14.9 Å². The van der Waals surface area contributed by atoms with Gasteiger partial charge in [-0.3, -0.25) is 10.1 Å². The minimum absolute atomic E-state index is 0. The van der Waals surface area contributed by atoms with Crippen LogP contribution >= 0.6 is 31.9 Å². The van der Waals surface area contributed by atoms with Gasteiger partial charge >= 0.3 is 18.4 Å². The lowest BCUT2D eigenvalue weighted by Gasteiger charge is -2.20. The van der Waals surface area contributed by atoms with Crippen LogP contribution in [0.25, 0.3) is 21.8 Å². The molecule has 0 unspecified atom stereocenters. The van der Waals surface area contributed by atoms with Crippen molar-refractivity contribution in [3.8, 4) is 0 Å². The van der Waals surface area contributed by atoms with E-state index in [1.807, 2.05) is 94.5 Å². The predicted octanol–water partition coefficient (Wildman–Crippen LogP) is 11.9. The monoisotopic (exact) mass is 949 g/mol. The number of hydrogen-bond donors (Lipinski definition) is 1. The van der Waals surface area contributed by atoms with Gasteiger partial charge in [0, 0.05) is 51.9 Å². The number of hydrogen-bond acceptors (Lipinski definition) is 12. The maximum absolute atomic E-state index is 11.9. The molecule has 3 heterocycles. The number of H-pyrrole nitrogens is 1. The van der Waals surface area contributed by atoms with Crippen LogP contribution in [0.15, 0.2) is 82.3 Å². The molecule has 328 valence electrons. The number of carbonyl (C=O) groups excluding carboxylic acids is 3. The molecule has 0 atom stereocenters. The molecule has 3 aromatic heterocycles. The van der Waals surface area contributed by atoms with E-state index in [4.69, 9.17) is 14.2 Å². The van der Waals surface area contributed by atoms with Gasteiger partial charge in [-0.15, -0.1) is 0 Å². The number of aromatic amines is 1. The largest absolute Gasteiger partial charge is 0.519 e. The minimum atomic E-state index is -1.06. The predicted molar refractivity (Wildman–Crippen MR) is 245 cm³/mol. The van der Waals surface area contributed by atoms with E-state index >= 15 is 0 Å². The van der Waals surface area contributed by atoms with Crippen LogP contribution in [-0.4, -0.2) is 98.8 Å². The van der Waals surface area contributed by atoms with Gasteiger partial charge in [-0.25, -0.2) is 14.4 Å². The molecule has 0 saturated carbocycles. The third-order valence-electron chi connectivity index (χ3n) is 6.97. The Labute approximate surface area is 367 Å². The Morgan fingerprint density at radius 2 is 1.17 bits per heavy atom. The lowest BCUT2D eigenvalue weighted by atomic mass is 10.2. The number of rotatable bonds is 4. The second-order valence-corrected chi connectivity index (χ2v) is 17.4. The average Bonchev–Trinajstić information content (AvgIpc) is 3.75. The smallest absolute Gasteiger partial charge is 0.442 e. The highest BCUT2D eigenvalue weighted by Crippen LogP contribution is 2.21. The Morgan fingerprint density at radius 1 is 0.695 bits per heavy atom. The van der Waals surface area contributed by atoms with Gasteiger partial charge in [0.1, 0.15) is 16.8 Å². The maximum Gasteiger partial charge on any atom is 0.519 e. The Morgan fingerprint density at radius 3 is 1.59 bits per heavy atom. The zero-order valence-electron chi connectivity index (χ0n) is 36.3. The molecule has 14 nitrogen and oxygen atoms in total. The third kappa shape index (κ3) is 23.6. The summed E-state index contributed by atoms with van der Waals surface area (Å²) in [5, 5.41) is 12.9. The van der Waals surface area contributed by atoms with Crippen LogP contribution in [0.1, 0.15) is 90.5 Å². The summed E-state index contributed by atoms with van der Waals surface area (Å²) in [5.74, 6) is 0. The first-order valence-corrected chi connectivity index (χ1v) is 20.3. The van der Waals surface area contributed by atoms with E-state index in [0.717, 1.165) is 30.8 Å². The molecule has 0 saturated heterocycles. The molecule has 0 aliphatic carbocycles. The summed E-state index contributed by atoms with van der Waals surface area (Å²) in [5.41, 5.74) is 1.06. The number of halogens is 2. The number of aromatic nitrogens is 5. The molecule has 0 fully saturated rings. The minimum Gasteiger partial charge on any atom is -0.442 e. The molecule has 5 rings (SSSR count). The first kappa shape index (κ1) is 54.5. The van der Waals surface area contributed by atoms with Crippen LogP contribution < -0.4 is 4.90 Å². The number of ether oxygens (including phenoxy) is 4. The molecule has 0 amide bonds. The van der Waals surface area contributed by atoms with Crippen LogP contribution in [0, 0.1) is 0 Å². The van der Waals surface area contributed by atoms with Crippen molar-refractivity contribution in [1.82, 2.24) is 29.9 Å². The molecule has 5 aromatic rings. The van der Waals surface area contributed by atoms with Crippen LogP contribution in [0.4, 0.5) is 20.1 Å². The summed E-state index contributed by atoms with van der Waals surface area (Å²) in [6.45, 7) is 25.6. The fourth-order valence-corrected chi connectivity index (χ4v) is 4.98. The molecule has 0 aliphatic heterocycles. The molecular weight excluding hydrogens is 886 g/mol. The van der Waals surface area contributed by atoms with Gasteiger partial charge in [-0.1, -0.05) is 72.2 Å². The number of nitrogens with one attached hydrogen (secondary N) is 1. The SMILES string of the molecule is Brc1ccc2cn[nH]c2c1.C.CC(C)(C)OC(=O)OC(=O)OC(C)(C)C.CC(C)(C)OC(=O)n1ncc2ccc(Br)cc21.CCN(CC)CC.CN(C)c1ccncc1. The molecule has 1 N–H and O–H groups in total. The number of benzene rings is 2. The molecule has 0 radical (unpaired) electrons. The van der Waals surface area contributed by atoms with Crippen LogP contribution in [0.5, 0.6) is 0 Å². The number of nitrogens with zero attached hydrogens (tertiary/aromatic N) is 6. The molecule has 16 heteroatoms. The Kier molecular flexibility index (Phi) is 23.8. The van der Waals surface area contributed by atoms with Crippen molar-refractivity contribution >= 4 is 77.8 Å². The van der Waals surface area contributed by atoms with Gasteiger partial charge in [0.05, 0.1) is 23.4 Å². The zero-order chi connectivity index (χ0) is 44.3. The van der Waals surface area contributed by atoms with Crippen molar-refractivity contribution in [1.29, 1.82) is 0 Å². The number of fused-ring (bicyclic) bond motifs is 2. The highest BCUT2D eigenvalue weighted by Gasteiger charge is 2.24. The van der Waals surface area contributed by atoms with Crippen molar-refractivity contribution in [2.45, 2.75) is 107 Å². The molecular formula is C43H65Br2N7O7. The molecule has 2 aromatic carbocycles. The van der Waals surface area contributed by atoms with E-state index in [1.54, 1.807) is 60.1 Å². The number of carbonyl (C=O) groups is 3. The highest BCUT2D eigenvalue weighted by atomic mass is 79.9. The first-order chi connectivity index (χ1) is 26.9. The van der Waals surface area contributed by atoms with Crippen molar-refractivity contribution < 1.29 is 33.3 Å². The normalized spacial score (nSPS) is 10.8. The van der Waals surface area contributed by atoms with Crippen LogP contribution in [0.2, 0.25) is 0 Å². The fourth-order valence-electron chi connectivity index (χ4n) is 4.27. The number of pyridine rings is 1. The molecule has 0 bridgehead atoms. The van der Waals surface area contributed by atoms with E-state index in [2.05, 4.69) is 82.5 Å². The van der Waals surface area contributed by atoms with Crippen molar-refractivity contribution in [2.75, 3.05) is 38.6 Å². The van der Waals surface area contributed by atoms with Gasteiger partial charge in [-0.05, 0) is 118 Å². The maximum atomic E-state index is 11.9. The van der Waals surface area contributed by atoms with Crippen molar-refractivity contribution in [3.05, 3.63) is 82.3 Å². The first-order valence-electron chi connectivity index (χ1n) is 18.8. The average molecular weight is 952 g/mol. The van der Waals surface area contributed by atoms with Crippen LogP contribution in [-0.2, 0) is 18.9 Å².